The van der Waals surface area contributed by atoms with Crippen LogP contribution in [0.4, 0.5) is 0 Å². The summed E-state index contributed by atoms with van der Waals surface area (Å²) in [5.74, 6) is -1.32. The maximum Gasteiger partial charge on any atom is 0.295 e. The Bertz CT molecular complexity index is 1630. The van der Waals surface area contributed by atoms with Gasteiger partial charge in [0.25, 0.3) is 11.7 Å². The number of benzene rings is 3. The lowest BCUT2D eigenvalue weighted by molar-refractivity contribution is -0.139. The highest BCUT2D eigenvalue weighted by atomic mass is 35.5. The van der Waals surface area contributed by atoms with Crippen LogP contribution in [-0.4, -0.2) is 40.3 Å². The molecule has 10 heteroatoms. The van der Waals surface area contributed by atoms with Crippen LogP contribution in [0.15, 0.2) is 66.4 Å². The van der Waals surface area contributed by atoms with Crippen LogP contribution in [0.2, 0.25) is 20.1 Å². The average molecular weight is 590 g/mol. The van der Waals surface area contributed by atoms with Gasteiger partial charge in [0.1, 0.15) is 11.5 Å². The summed E-state index contributed by atoms with van der Waals surface area (Å²) in [4.78, 5) is 31.3. The third kappa shape index (κ3) is 4.74. The molecule has 4 aromatic rings. The molecule has 3 aromatic carbocycles. The predicted molar refractivity (Wildman–Crippen MR) is 150 cm³/mol. The van der Waals surface area contributed by atoms with Crippen molar-refractivity contribution in [1.82, 2.24) is 9.88 Å². The van der Waals surface area contributed by atoms with E-state index in [1.165, 1.54) is 29.2 Å². The van der Waals surface area contributed by atoms with Crippen LogP contribution in [0.1, 0.15) is 22.7 Å². The fourth-order valence-corrected chi connectivity index (χ4v) is 5.73. The molecule has 0 spiro atoms. The highest BCUT2D eigenvalue weighted by Gasteiger charge is 2.46. The summed E-state index contributed by atoms with van der Waals surface area (Å²) in [6.07, 6.45) is 2.28. The van der Waals surface area contributed by atoms with Gasteiger partial charge in [-0.1, -0.05) is 52.5 Å². The Morgan fingerprint density at radius 2 is 1.68 bits per heavy atom. The van der Waals surface area contributed by atoms with E-state index < -0.39 is 23.5 Å². The number of hydrogen-bond acceptors (Lipinski definition) is 4. The number of aromatic amines is 1. The Labute approximate surface area is 238 Å². The molecule has 5 rings (SSSR count). The number of nitrogens with one attached hydrogen (secondary N) is 1. The van der Waals surface area contributed by atoms with Crippen molar-refractivity contribution in [1.29, 1.82) is 0 Å². The molecule has 0 saturated carbocycles. The molecule has 0 bridgehead atoms. The van der Waals surface area contributed by atoms with E-state index in [1.54, 1.807) is 19.2 Å². The smallest absolute Gasteiger partial charge is 0.295 e. The number of ether oxygens (including phenoxy) is 1. The van der Waals surface area contributed by atoms with Gasteiger partial charge in [-0.3, -0.25) is 9.59 Å². The van der Waals surface area contributed by atoms with Gasteiger partial charge in [-0.15, -0.1) is 0 Å². The number of aliphatic hydroxyl groups excluding tert-OH is 1. The van der Waals surface area contributed by atoms with E-state index in [9.17, 15) is 14.7 Å². The zero-order chi connectivity index (χ0) is 27.1. The topological polar surface area (TPSA) is 82.6 Å². The van der Waals surface area contributed by atoms with Gasteiger partial charge in [-0.25, -0.2) is 0 Å². The quantitative estimate of drug-likeness (QED) is 0.139. The zero-order valence-corrected chi connectivity index (χ0v) is 22.9. The molecule has 1 atom stereocenters. The van der Waals surface area contributed by atoms with E-state index in [2.05, 4.69) is 4.98 Å². The fourth-order valence-electron chi connectivity index (χ4n) is 4.72. The number of methoxy groups -OCH3 is 1. The lowest BCUT2D eigenvalue weighted by Gasteiger charge is -2.26. The van der Waals surface area contributed by atoms with Crippen LogP contribution >= 0.6 is 46.4 Å². The first kappa shape index (κ1) is 26.4. The van der Waals surface area contributed by atoms with Crippen molar-refractivity contribution in [3.8, 4) is 5.75 Å². The second-order valence-electron chi connectivity index (χ2n) is 8.76. The minimum Gasteiger partial charge on any atom is -0.507 e. The van der Waals surface area contributed by atoms with Gasteiger partial charge in [0.05, 0.1) is 23.7 Å². The van der Waals surface area contributed by atoms with E-state index in [4.69, 9.17) is 51.1 Å². The summed E-state index contributed by atoms with van der Waals surface area (Å²) in [6.45, 7) is 0.170. The number of carbonyl (C=O) groups is 2. The van der Waals surface area contributed by atoms with Crippen LogP contribution in [0.25, 0.3) is 16.7 Å². The van der Waals surface area contributed by atoms with Gasteiger partial charge < -0.3 is 19.7 Å². The van der Waals surface area contributed by atoms with E-state index in [0.717, 1.165) is 16.5 Å². The standard InChI is InChI=1S/C28H20Cl4N2O4/c1-38-17-4-7-23-20(12-17)14(13-33-23)8-9-34-25(18-5-2-15(29)10-21(18)31)24(27(36)28(34)37)26(35)19-6-3-16(30)11-22(19)32/h2-7,10-13,25,33,35H,8-9H2,1H3/b26-24-. The average Bonchev–Trinajstić information content (AvgIpc) is 3.40. The Hall–Kier alpha value is -3.16. The molecule has 194 valence electrons. The number of carbonyl (C=O) groups excluding carboxylic acids is 2. The molecular weight excluding hydrogens is 570 g/mol. The molecule has 38 heavy (non-hydrogen) atoms. The van der Waals surface area contributed by atoms with Crippen molar-refractivity contribution >= 4 is 74.8 Å². The second kappa shape index (κ2) is 10.5. The molecule has 0 aliphatic carbocycles. The molecule has 1 amide bonds. The monoisotopic (exact) mass is 588 g/mol. The van der Waals surface area contributed by atoms with Crippen molar-refractivity contribution in [2.24, 2.45) is 0 Å². The molecule has 0 radical (unpaired) electrons. The highest BCUT2D eigenvalue weighted by molar-refractivity contribution is 6.47. The first-order valence-electron chi connectivity index (χ1n) is 11.5. The van der Waals surface area contributed by atoms with Crippen LogP contribution in [0, 0.1) is 0 Å². The van der Waals surface area contributed by atoms with Crippen LogP contribution in [0.5, 0.6) is 5.75 Å². The number of Topliss-reactive ketones (excluding diaryl/α,β-unsaturated/α-hetero) is 1. The third-order valence-corrected chi connectivity index (χ3v) is 7.69. The number of hydrogen-bond donors (Lipinski definition) is 2. The highest BCUT2D eigenvalue weighted by Crippen LogP contribution is 2.43. The van der Waals surface area contributed by atoms with Crippen LogP contribution in [-0.2, 0) is 16.0 Å². The molecule has 1 aliphatic rings. The summed E-state index contributed by atoms with van der Waals surface area (Å²) in [5, 5.41) is 13.4. The molecule has 6 nitrogen and oxygen atoms in total. The molecule has 1 aromatic heterocycles. The minimum atomic E-state index is -0.966. The lowest BCUT2D eigenvalue weighted by atomic mass is 9.95. The number of likely N-dealkylation sites (tertiary alicyclic amines) is 1. The van der Waals surface area contributed by atoms with Gasteiger partial charge in [0.15, 0.2) is 0 Å². The van der Waals surface area contributed by atoms with E-state index in [1.807, 2.05) is 24.4 Å². The normalized spacial score (nSPS) is 17.0. The Balaban J connectivity index is 1.60. The number of aromatic nitrogens is 1. The molecule has 1 unspecified atom stereocenters. The van der Waals surface area contributed by atoms with E-state index >= 15 is 0 Å². The number of nitrogens with zero attached hydrogens (tertiary/aromatic N) is 1. The van der Waals surface area contributed by atoms with Crippen LogP contribution in [0.3, 0.4) is 0 Å². The Morgan fingerprint density at radius 1 is 0.974 bits per heavy atom. The Morgan fingerprint density at radius 3 is 2.37 bits per heavy atom. The molecular formula is C28H20Cl4N2O4. The van der Waals surface area contributed by atoms with Gasteiger partial charge in [0, 0.05) is 44.3 Å². The van der Waals surface area contributed by atoms with E-state index in [0.29, 0.717) is 27.8 Å². The number of rotatable bonds is 6. The third-order valence-electron chi connectivity index (χ3n) is 6.58. The van der Waals surface area contributed by atoms with Gasteiger partial charge >= 0.3 is 0 Å². The first-order valence-corrected chi connectivity index (χ1v) is 13.0. The zero-order valence-electron chi connectivity index (χ0n) is 19.9. The van der Waals surface area contributed by atoms with Crippen molar-refractivity contribution in [2.45, 2.75) is 12.5 Å². The number of H-pyrrole nitrogens is 1. The minimum absolute atomic E-state index is 0.121. The van der Waals surface area contributed by atoms with Crippen molar-refractivity contribution in [3.05, 3.63) is 103 Å². The number of ketones is 1. The number of fused-ring (bicyclic) bond motifs is 1. The molecule has 1 fully saturated rings. The van der Waals surface area contributed by atoms with Crippen LogP contribution < -0.4 is 4.74 Å². The Kier molecular flexibility index (Phi) is 7.34. The van der Waals surface area contributed by atoms with Crippen molar-refractivity contribution in [2.75, 3.05) is 13.7 Å². The van der Waals surface area contributed by atoms with Gasteiger partial charge in [-0.05, 0) is 66.1 Å². The van der Waals surface area contributed by atoms with Gasteiger partial charge in [0.2, 0.25) is 0 Å². The molecule has 2 N–H and O–H groups in total. The number of halogens is 4. The first-order chi connectivity index (χ1) is 18.2. The lowest BCUT2D eigenvalue weighted by Crippen LogP contribution is -2.31. The number of aliphatic hydroxyl groups is 1. The summed E-state index contributed by atoms with van der Waals surface area (Å²) < 4.78 is 5.35. The van der Waals surface area contributed by atoms with Crippen molar-refractivity contribution in [3.63, 3.8) is 0 Å². The van der Waals surface area contributed by atoms with E-state index in [-0.39, 0.29) is 27.7 Å². The maximum atomic E-state index is 13.4. The second-order valence-corrected chi connectivity index (χ2v) is 10.4. The SMILES string of the molecule is COc1ccc2[nH]cc(CCN3C(=O)C(=O)/C(=C(\O)c4ccc(Cl)cc4Cl)C3c3ccc(Cl)cc3Cl)c2c1. The molecule has 1 aliphatic heterocycles. The predicted octanol–water partition coefficient (Wildman–Crippen LogP) is 7.45. The maximum absolute atomic E-state index is 13.4. The summed E-state index contributed by atoms with van der Waals surface area (Å²) in [5.41, 5.74) is 2.35. The summed E-state index contributed by atoms with van der Waals surface area (Å²) >= 11 is 25.0. The van der Waals surface area contributed by atoms with Gasteiger partial charge in [-0.2, -0.15) is 0 Å². The largest absolute Gasteiger partial charge is 0.507 e. The fraction of sp³-hybridized carbons (Fsp3) is 0.143. The van der Waals surface area contributed by atoms with Crippen molar-refractivity contribution < 1.29 is 19.4 Å². The molecule has 2 heterocycles. The molecule has 1 saturated heterocycles. The summed E-state index contributed by atoms with van der Waals surface area (Å²) in [7, 11) is 1.59. The summed E-state index contributed by atoms with van der Waals surface area (Å²) in [6, 6.07) is 14.0. The number of amides is 1.